The van der Waals surface area contributed by atoms with E-state index in [0.717, 1.165) is 0 Å². The van der Waals surface area contributed by atoms with E-state index in [1.54, 1.807) is 6.07 Å². The van der Waals surface area contributed by atoms with E-state index < -0.39 is 0 Å². The molecular weight excluding hydrogens is 218 g/mol. The van der Waals surface area contributed by atoms with Crippen LogP contribution < -0.4 is 10.6 Å². The molecule has 1 atom stereocenters. The van der Waals surface area contributed by atoms with Gasteiger partial charge in [0.05, 0.1) is 11.8 Å². The molecule has 1 aliphatic carbocycles. The molecule has 6 heteroatoms. The van der Waals surface area contributed by atoms with Gasteiger partial charge in [0, 0.05) is 13.1 Å². The molecule has 1 aromatic rings. The first kappa shape index (κ1) is 11.6. The fourth-order valence-corrected chi connectivity index (χ4v) is 1.93. The van der Waals surface area contributed by atoms with E-state index in [9.17, 15) is 0 Å². The second-order valence-corrected chi connectivity index (χ2v) is 4.44. The molecule has 92 valence electrons. The molecule has 1 fully saturated rings. The standard InChI is InChI=1S/C11H17N5O/c1-7(8-3-4-8)16(2)11-9(10(12)15-17)5-6-13-14-11/h5-8,17H,3-4H2,1-2H3,(H2,12,15). The first-order valence-corrected chi connectivity index (χ1v) is 5.67. The highest BCUT2D eigenvalue weighted by Gasteiger charge is 2.32. The molecule has 0 bridgehead atoms. The van der Waals surface area contributed by atoms with E-state index in [2.05, 4.69) is 22.3 Å². The molecule has 1 heterocycles. The van der Waals surface area contributed by atoms with E-state index in [4.69, 9.17) is 10.9 Å². The van der Waals surface area contributed by atoms with Gasteiger partial charge in [-0.15, -0.1) is 5.10 Å². The van der Waals surface area contributed by atoms with Crippen LogP contribution >= 0.6 is 0 Å². The number of hydrogen-bond acceptors (Lipinski definition) is 5. The summed E-state index contributed by atoms with van der Waals surface area (Å²) in [7, 11) is 1.96. The first-order chi connectivity index (χ1) is 8.15. The van der Waals surface area contributed by atoms with Crippen molar-refractivity contribution >= 4 is 11.7 Å². The highest BCUT2D eigenvalue weighted by atomic mass is 16.4. The number of rotatable bonds is 4. The molecule has 0 aliphatic heterocycles. The minimum absolute atomic E-state index is 0.0600. The van der Waals surface area contributed by atoms with Gasteiger partial charge in [-0.2, -0.15) is 5.10 Å². The molecule has 1 aliphatic rings. The third-order valence-corrected chi connectivity index (χ3v) is 3.33. The van der Waals surface area contributed by atoms with Gasteiger partial charge in [-0.25, -0.2) is 0 Å². The summed E-state index contributed by atoms with van der Waals surface area (Å²) in [5.41, 5.74) is 6.24. The summed E-state index contributed by atoms with van der Waals surface area (Å²) in [4.78, 5) is 2.04. The Kier molecular flexibility index (Phi) is 3.12. The maximum absolute atomic E-state index is 8.75. The average molecular weight is 235 g/mol. The van der Waals surface area contributed by atoms with Gasteiger partial charge < -0.3 is 15.8 Å². The van der Waals surface area contributed by atoms with Crippen molar-refractivity contribution in [2.75, 3.05) is 11.9 Å². The van der Waals surface area contributed by atoms with Crippen molar-refractivity contribution in [3.63, 3.8) is 0 Å². The summed E-state index contributed by atoms with van der Waals surface area (Å²) < 4.78 is 0. The number of amidine groups is 1. The third kappa shape index (κ3) is 2.30. The summed E-state index contributed by atoms with van der Waals surface area (Å²) in [6.45, 7) is 2.16. The van der Waals surface area contributed by atoms with Gasteiger partial charge in [-0.3, -0.25) is 0 Å². The summed E-state index contributed by atoms with van der Waals surface area (Å²) in [6.07, 6.45) is 4.04. The molecule has 6 nitrogen and oxygen atoms in total. The van der Waals surface area contributed by atoms with Crippen molar-refractivity contribution in [2.45, 2.75) is 25.8 Å². The zero-order valence-corrected chi connectivity index (χ0v) is 10.0. The van der Waals surface area contributed by atoms with Gasteiger partial charge in [0.1, 0.15) is 0 Å². The molecule has 0 saturated heterocycles. The Hall–Kier alpha value is -1.85. The predicted octanol–water partition coefficient (Wildman–Crippen LogP) is 0.806. The zero-order chi connectivity index (χ0) is 12.4. The van der Waals surface area contributed by atoms with Gasteiger partial charge in [0.2, 0.25) is 0 Å². The van der Waals surface area contributed by atoms with Crippen molar-refractivity contribution in [3.8, 4) is 0 Å². The molecule has 2 rings (SSSR count). The van der Waals surface area contributed by atoms with Crippen molar-refractivity contribution in [2.24, 2.45) is 16.8 Å². The number of hydrogen-bond donors (Lipinski definition) is 2. The molecule has 0 aromatic carbocycles. The van der Waals surface area contributed by atoms with Gasteiger partial charge >= 0.3 is 0 Å². The summed E-state index contributed by atoms with van der Waals surface area (Å²) in [6, 6.07) is 2.09. The minimum atomic E-state index is 0.0600. The molecule has 1 saturated carbocycles. The second-order valence-electron chi connectivity index (χ2n) is 4.44. The summed E-state index contributed by atoms with van der Waals surface area (Å²) in [5, 5.41) is 19.7. The number of nitrogens with two attached hydrogens (primary N) is 1. The minimum Gasteiger partial charge on any atom is -0.409 e. The van der Waals surface area contributed by atoms with Crippen LogP contribution in [0, 0.1) is 5.92 Å². The molecule has 17 heavy (non-hydrogen) atoms. The van der Waals surface area contributed by atoms with Crippen LogP contribution in [0.15, 0.2) is 17.4 Å². The van der Waals surface area contributed by atoms with E-state index >= 15 is 0 Å². The first-order valence-electron chi connectivity index (χ1n) is 5.67. The molecule has 0 spiro atoms. The maximum atomic E-state index is 8.75. The zero-order valence-electron chi connectivity index (χ0n) is 10.0. The van der Waals surface area contributed by atoms with Crippen LogP contribution in [0.4, 0.5) is 5.82 Å². The maximum Gasteiger partial charge on any atom is 0.173 e. The largest absolute Gasteiger partial charge is 0.409 e. The van der Waals surface area contributed by atoms with Crippen LogP contribution in [-0.4, -0.2) is 34.3 Å². The Bertz CT molecular complexity index is 430. The Labute approximate surface area is 100 Å². The molecule has 0 radical (unpaired) electrons. The Morgan fingerprint density at radius 2 is 2.35 bits per heavy atom. The molecule has 1 aromatic heterocycles. The topological polar surface area (TPSA) is 87.6 Å². The number of oxime groups is 1. The van der Waals surface area contributed by atoms with Gasteiger partial charge in [-0.1, -0.05) is 5.16 Å². The van der Waals surface area contributed by atoms with E-state index in [0.29, 0.717) is 23.3 Å². The smallest absolute Gasteiger partial charge is 0.173 e. The second kappa shape index (κ2) is 4.57. The number of nitrogens with zero attached hydrogens (tertiary/aromatic N) is 4. The van der Waals surface area contributed by atoms with E-state index in [1.807, 2.05) is 11.9 Å². The van der Waals surface area contributed by atoms with Crippen LogP contribution in [0.2, 0.25) is 0 Å². The van der Waals surface area contributed by atoms with Crippen molar-refractivity contribution in [1.82, 2.24) is 10.2 Å². The molecule has 0 amide bonds. The average Bonchev–Trinajstić information content (AvgIpc) is 3.20. The van der Waals surface area contributed by atoms with Crippen molar-refractivity contribution in [3.05, 3.63) is 17.8 Å². The van der Waals surface area contributed by atoms with Crippen LogP contribution in [-0.2, 0) is 0 Å². The fourth-order valence-electron chi connectivity index (χ4n) is 1.93. The van der Waals surface area contributed by atoms with Gasteiger partial charge in [0.25, 0.3) is 0 Å². The van der Waals surface area contributed by atoms with Crippen molar-refractivity contribution < 1.29 is 5.21 Å². The SMILES string of the molecule is CC(C1CC1)N(C)c1nnccc1/C(N)=N/O. The predicted molar refractivity (Wildman–Crippen MR) is 65.1 cm³/mol. The Morgan fingerprint density at radius 1 is 1.65 bits per heavy atom. The lowest BCUT2D eigenvalue weighted by molar-refractivity contribution is 0.318. The third-order valence-electron chi connectivity index (χ3n) is 3.33. The molecule has 1 unspecified atom stereocenters. The number of aromatic nitrogens is 2. The lowest BCUT2D eigenvalue weighted by atomic mass is 10.1. The monoisotopic (exact) mass is 235 g/mol. The summed E-state index contributed by atoms with van der Waals surface area (Å²) >= 11 is 0. The van der Waals surface area contributed by atoms with Gasteiger partial charge in [0.15, 0.2) is 11.7 Å². The lowest BCUT2D eigenvalue weighted by Gasteiger charge is -2.26. The molecular formula is C11H17N5O. The lowest BCUT2D eigenvalue weighted by Crippen LogP contribution is -2.33. The van der Waals surface area contributed by atoms with Gasteiger partial charge in [-0.05, 0) is 31.7 Å². The molecule has 3 N–H and O–H groups in total. The highest BCUT2D eigenvalue weighted by Crippen LogP contribution is 2.36. The normalized spacial score (nSPS) is 17.9. The van der Waals surface area contributed by atoms with E-state index in [-0.39, 0.29) is 5.84 Å². The van der Waals surface area contributed by atoms with Crippen LogP contribution in [0.3, 0.4) is 0 Å². The van der Waals surface area contributed by atoms with Crippen LogP contribution in [0.25, 0.3) is 0 Å². The van der Waals surface area contributed by atoms with Crippen molar-refractivity contribution in [1.29, 1.82) is 0 Å². The fraction of sp³-hybridized carbons (Fsp3) is 0.545. The van der Waals surface area contributed by atoms with Crippen LogP contribution in [0.5, 0.6) is 0 Å². The Morgan fingerprint density at radius 3 is 2.94 bits per heavy atom. The Balaban J connectivity index is 2.30. The quantitative estimate of drug-likeness (QED) is 0.349. The summed E-state index contributed by atoms with van der Waals surface area (Å²) in [5.74, 6) is 1.43. The van der Waals surface area contributed by atoms with Crippen LogP contribution in [0.1, 0.15) is 25.3 Å². The highest BCUT2D eigenvalue weighted by molar-refractivity contribution is 6.01. The number of anilines is 1. The van der Waals surface area contributed by atoms with E-state index in [1.165, 1.54) is 19.0 Å².